The van der Waals surface area contributed by atoms with Gasteiger partial charge in [-0.3, -0.25) is 4.68 Å². The van der Waals surface area contributed by atoms with Gasteiger partial charge in [0.25, 0.3) is 0 Å². The molecular weight excluding hydrogens is 304 g/mol. The number of benzene rings is 1. The van der Waals surface area contributed by atoms with Crippen molar-refractivity contribution < 1.29 is 4.79 Å². The molecule has 0 aliphatic carbocycles. The van der Waals surface area contributed by atoms with E-state index >= 15 is 0 Å². The molecule has 0 fully saturated rings. The summed E-state index contributed by atoms with van der Waals surface area (Å²) in [6.45, 7) is 4.48. The maximum Gasteiger partial charge on any atom is 0.319 e. The normalized spacial score (nSPS) is 10.8. The molecule has 7 nitrogen and oxygen atoms in total. The van der Waals surface area contributed by atoms with Crippen molar-refractivity contribution in [1.29, 1.82) is 0 Å². The van der Waals surface area contributed by atoms with Gasteiger partial charge in [0.1, 0.15) is 0 Å². The van der Waals surface area contributed by atoms with E-state index in [1.807, 2.05) is 55.1 Å². The Bertz CT molecular complexity index is 806. The van der Waals surface area contributed by atoms with Crippen LogP contribution in [0.4, 0.5) is 10.5 Å². The first kappa shape index (κ1) is 15.8. The monoisotopic (exact) mass is 324 g/mol. The fraction of sp³-hybridized carbons (Fsp3) is 0.235. The summed E-state index contributed by atoms with van der Waals surface area (Å²) in [5.74, 6) is 0. The summed E-state index contributed by atoms with van der Waals surface area (Å²) >= 11 is 0. The SMILES string of the molecule is CC(C)n1cc(NC(=O)NCc2ccccc2-n2ccnc2)cn1. The zero-order chi connectivity index (χ0) is 16.9. The number of nitrogens with one attached hydrogen (secondary N) is 2. The minimum atomic E-state index is -0.265. The quantitative estimate of drug-likeness (QED) is 0.757. The molecule has 0 aliphatic heterocycles. The van der Waals surface area contributed by atoms with Crippen LogP contribution in [0.3, 0.4) is 0 Å². The van der Waals surface area contributed by atoms with Gasteiger partial charge in [0.2, 0.25) is 0 Å². The van der Waals surface area contributed by atoms with Gasteiger partial charge in [-0.2, -0.15) is 5.10 Å². The van der Waals surface area contributed by atoms with Crippen molar-refractivity contribution >= 4 is 11.7 Å². The number of anilines is 1. The van der Waals surface area contributed by atoms with Gasteiger partial charge in [0.05, 0.1) is 23.9 Å². The third-order valence-corrected chi connectivity index (χ3v) is 3.60. The third kappa shape index (κ3) is 3.62. The Morgan fingerprint density at radius 3 is 2.83 bits per heavy atom. The van der Waals surface area contributed by atoms with Gasteiger partial charge in [-0.15, -0.1) is 0 Å². The molecule has 2 amide bonds. The Kier molecular flexibility index (Phi) is 4.60. The van der Waals surface area contributed by atoms with E-state index in [1.54, 1.807) is 23.4 Å². The maximum atomic E-state index is 12.1. The molecule has 3 rings (SSSR count). The molecule has 0 aliphatic rings. The van der Waals surface area contributed by atoms with E-state index in [0.29, 0.717) is 12.2 Å². The van der Waals surface area contributed by atoms with Crippen LogP contribution in [-0.2, 0) is 6.54 Å². The largest absolute Gasteiger partial charge is 0.334 e. The Hall–Kier alpha value is -3.09. The highest BCUT2D eigenvalue weighted by Crippen LogP contribution is 2.14. The molecule has 124 valence electrons. The van der Waals surface area contributed by atoms with Gasteiger partial charge in [-0.1, -0.05) is 18.2 Å². The molecule has 2 aromatic heterocycles. The Labute approximate surface area is 140 Å². The van der Waals surface area contributed by atoms with Crippen molar-refractivity contribution in [2.45, 2.75) is 26.4 Å². The highest BCUT2D eigenvalue weighted by Gasteiger charge is 2.08. The molecular formula is C17H20N6O. The number of carbonyl (C=O) groups is 1. The van der Waals surface area contributed by atoms with Gasteiger partial charge in [0.15, 0.2) is 0 Å². The highest BCUT2D eigenvalue weighted by molar-refractivity contribution is 5.88. The van der Waals surface area contributed by atoms with Crippen molar-refractivity contribution in [2.24, 2.45) is 0 Å². The summed E-state index contributed by atoms with van der Waals surface area (Å²) in [5.41, 5.74) is 2.66. The van der Waals surface area contributed by atoms with E-state index in [9.17, 15) is 4.79 Å². The van der Waals surface area contributed by atoms with Crippen molar-refractivity contribution in [1.82, 2.24) is 24.6 Å². The number of amides is 2. The lowest BCUT2D eigenvalue weighted by molar-refractivity contribution is 0.251. The molecule has 2 heterocycles. The highest BCUT2D eigenvalue weighted by atomic mass is 16.2. The van der Waals surface area contributed by atoms with Crippen LogP contribution in [0, 0.1) is 0 Å². The van der Waals surface area contributed by atoms with Gasteiger partial charge in [-0.25, -0.2) is 9.78 Å². The minimum absolute atomic E-state index is 0.255. The fourth-order valence-corrected chi connectivity index (χ4v) is 2.35. The average molecular weight is 324 g/mol. The van der Waals surface area contributed by atoms with Crippen molar-refractivity contribution in [3.63, 3.8) is 0 Å². The van der Waals surface area contributed by atoms with Crippen molar-refractivity contribution in [2.75, 3.05) is 5.32 Å². The van der Waals surface area contributed by atoms with Crippen LogP contribution in [0.5, 0.6) is 0 Å². The van der Waals surface area contributed by atoms with E-state index in [1.165, 1.54) is 0 Å². The molecule has 24 heavy (non-hydrogen) atoms. The Morgan fingerprint density at radius 2 is 2.12 bits per heavy atom. The molecule has 3 aromatic rings. The Morgan fingerprint density at radius 1 is 1.29 bits per heavy atom. The number of aromatic nitrogens is 4. The van der Waals surface area contributed by atoms with E-state index < -0.39 is 0 Å². The molecule has 0 saturated heterocycles. The minimum Gasteiger partial charge on any atom is -0.334 e. The number of hydrogen-bond acceptors (Lipinski definition) is 3. The topological polar surface area (TPSA) is 76.8 Å². The predicted molar refractivity (Wildman–Crippen MR) is 92.0 cm³/mol. The molecule has 2 N–H and O–H groups in total. The summed E-state index contributed by atoms with van der Waals surface area (Å²) in [5, 5.41) is 9.86. The van der Waals surface area contributed by atoms with Gasteiger partial charge in [-0.05, 0) is 25.5 Å². The number of para-hydroxylation sites is 1. The standard InChI is InChI=1S/C17H20N6O/c1-13(2)23-11-15(10-20-23)21-17(24)19-9-14-5-3-4-6-16(14)22-8-7-18-12-22/h3-8,10-13H,9H2,1-2H3,(H2,19,21,24). The molecule has 1 aromatic carbocycles. The van der Waals surface area contributed by atoms with Crippen LogP contribution < -0.4 is 10.6 Å². The van der Waals surface area contributed by atoms with Crippen LogP contribution in [0.15, 0.2) is 55.4 Å². The van der Waals surface area contributed by atoms with E-state index in [-0.39, 0.29) is 12.1 Å². The first-order valence-corrected chi connectivity index (χ1v) is 7.78. The van der Waals surface area contributed by atoms with Crippen LogP contribution >= 0.6 is 0 Å². The van der Waals surface area contributed by atoms with Crippen molar-refractivity contribution in [3.05, 3.63) is 60.9 Å². The number of hydrogen-bond donors (Lipinski definition) is 2. The number of imidazole rings is 1. The summed E-state index contributed by atoms with van der Waals surface area (Å²) in [4.78, 5) is 16.1. The fourth-order valence-electron chi connectivity index (χ4n) is 2.35. The molecule has 7 heteroatoms. The third-order valence-electron chi connectivity index (χ3n) is 3.60. The predicted octanol–water partition coefficient (Wildman–Crippen LogP) is 2.97. The van der Waals surface area contributed by atoms with Crippen LogP contribution in [0.1, 0.15) is 25.5 Å². The number of urea groups is 1. The lowest BCUT2D eigenvalue weighted by Gasteiger charge is -2.11. The average Bonchev–Trinajstić information content (AvgIpc) is 3.25. The van der Waals surface area contributed by atoms with Crippen LogP contribution in [0.2, 0.25) is 0 Å². The maximum absolute atomic E-state index is 12.1. The second-order valence-corrected chi connectivity index (χ2v) is 5.71. The lowest BCUT2D eigenvalue weighted by Crippen LogP contribution is -2.28. The zero-order valence-corrected chi connectivity index (χ0v) is 13.7. The molecule has 0 unspecified atom stereocenters. The van der Waals surface area contributed by atoms with Gasteiger partial charge >= 0.3 is 6.03 Å². The molecule has 0 saturated carbocycles. The summed E-state index contributed by atoms with van der Waals surface area (Å²) in [6.07, 6.45) is 8.78. The van der Waals surface area contributed by atoms with Crippen LogP contribution in [0.25, 0.3) is 5.69 Å². The second-order valence-electron chi connectivity index (χ2n) is 5.71. The van der Waals surface area contributed by atoms with E-state index in [0.717, 1.165) is 11.3 Å². The molecule has 0 spiro atoms. The first-order valence-electron chi connectivity index (χ1n) is 7.78. The van der Waals surface area contributed by atoms with Gasteiger partial charge < -0.3 is 15.2 Å². The van der Waals surface area contributed by atoms with Crippen LogP contribution in [-0.4, -0.2) is 25.4 Å². The van der Waals surface area contributed by atoms with Crippen molar-refractivity contribution in [3.8, 4) is 5.69 Å². The summed E-state index contributed by atoms with van der Waals surface area (Å²) in [6, 6.07) is 7.86. The van der Waals surface area contributed by atoms with Gasteiger partial charge in [0, 0.05) is 31.2 Å². The smallest absolute Gasteiger partial charge is 0.319 e. The molecule has 0 bridgehead atoms. The number of nitrogens with zero attached hydrogens (tertiary/aromatic N) is 4. The van der Waals surface area contributed by atoms with E-state index in [4.69, 9.17) is 0 Å². The second kappa shape index (κ2) is 6.99. The lowest BCUT2D eigenvalue weighted by atomic mass is 10.1. The summed E-state index contributed by atoms with van der Waals surface area (Å²) in [7, 11) is 0. The first-order chi connectivity index (χ1) is 11.6. The van der Waals surface area contributed by atoms with E-state index in [2.05, 4.69) is 20.7 Å². The molecule has 0 radical (unpaired) electrons. The molecule has 0 atom stereocenters. The number of rotatable bonds is 5. The number of carbonyl (C=O) groups excluding carboxylic acids is 1. The zero-order valence-electron chi connectivity index (χ0n) is 13.7. The summed E-state index contributed by atoms with van der Waals surface area (Å²) < 4.78 is 3.71. The Balaban J connectivity index is 1.62.